The molecule has 0 radical (unpaired) electrons. The predicted molar refractivity (Wildman–Crippen MR) is 254 cm³/mol. The molecule has 0 bridgehead atoms. The normalized spacial score (nSPS) is 13.9. The van der Waals surface area contributed by atoms with Gasteiger partial charge in [-0.15, -0.1) is 0 Å². The summed E-state index contributed by atoms with van der Waals surface area (Å²) < 4.78 is 0. The molecule has 0 fully saturated rings. The van der Waals surface area contributed by atoms with Crippen LogP contribution in [0.15, 0.2) is 212 Å². The second kappa shape index (κ2) is 13.9. The number of benzene rings is 9. The van der Waals surface area contributed by atoms with Gasteiger partial charge in [0.05, 0.1) is 5.41 Å². The molecule has 1 aromatic heterocycles. The monoisotopic (exact) mass is 791 g/mol. The fourth-order valence-corrected chi connectivity index (χ4v) is 10.6. The van der Waals surface area contributed by atoms with E-state index in [1.165, 1.54) is 66.4 Å². The van der Waals surface area contributed by atoms with Crippen LogP contribution in [0.2, 0.25) is 0 Å². The smallest absolute Gasteiger partial charge is 0.164 e. The largest absolute Gasteiger partial charge is 0.208 e. The summed E-state index contributed by atoms with van der Waals surface area (Å²) in [6.07, 6.45) is 0. The Morgan fingerprint density at radius 1 is 0.274 bits per heavy atom. The van der Waals surface area contributed by atoms with Crippen molar-refractivity contribution in [2.45, 2.75) is 24.7 Å². The van der Waals surface area contributed by atoms with Crippen molar-refractivity contribution in [1.82, 2.24) is 15.0 Å². The number of rotatable bonds is 5. The average molecular weight is 792 g/mol. The standard InChI is InChI=1S/C59H41N3/c1-58(2)51-28-13-15-30-53(51)59(54-31-16-14-29-52(54)58)49-27-12-11-26-47(49)48-37-41(32-35-50(48)59)44-34-33-43(45-24-9-10-25-46(44)45)40-22-17-23-42(36-40)57-61-55(38-18-5-3-6-19-38)60-56(62-57)39-20-7-4-8-21-39/h3-37H,1-2H3. The first kappa shape index (κ1) is 36.1. The van der Waals surface area contributed by atoms with Crippen LogP contribution in [-0.2, 0) is 10.8 Å². The summed E-state index contributed by atoms with van der Waals surface area (Å²) in [4.78, 5) is 15.0. The lowest BCUT2D eigenvalue weighted by Gasteiger charge is -2.46. The third kappa shape index (κ3) is 5.34. The molecule has 292 valence electrons. The van der Waals surface area contributed by atoms with Crippen molar-refractivity contribution in [2.75, 3.05) is 0 Å². The van der Waals surface area contributed by atoms with E-state index in [0.717, 1.165) is 27.8 Å². The van der Waals surface area contributed by atoms with Crippen LogP contribution in [0, 0.1) is 0 Å². The molecule has 0 saturated carbocycles. The van der Waals surface area contributed by atoms with Gasteiger partial charge >= 0.3 is 0 Å². The van der Waals surface area contributed by atoms with Crippen LogP contribution in [0.25, 0.3) is 78.3 Å². The van der Waals surface area contributed by atoms with Crippen LogP contribution < -0.4 is 0 Å². The van der Waals surface area contributed by atoms with E-state index in [1.807, 2.05) is 60.7 Å². The van der Waals surface area contributed by atoms with Crippen LogP contribution in [0.1, 0.15) is 47.2 Å². The molecule has 3 heteroatoms. The molecule has 0 amide bonds. The molecule has 0 atom stereocenters. The molecule has 0 unspecified atom stereocenters. The third-order valence-corrected chi connectivity index (χ3v) is 13.4. The van der Waals surface area contributed by atoms with E-state index in [2.05, 4.69) is 166 Å². The van der Waals surface area contributed by atoms with Crippen molar-refractivity contribution >= 4 is 10.8 Å². The maximum absolute atomic E-state index is 5.04. The Morgan fingerprint density at radius 3 is 1.27 bits per heavy atom. The summed E-state index contributed by atoms with van der Waals surface area (Å²) in [5, 5.41) is 2.41. The van der Waals surface area contributed by atoms with E-state index in [1.54, 1.807) is 0 Å². The first-order valence-electron chi connectivity index (χ1n) is 21.4. The summed E-state index contributed by atoms with van der Waals surface area (Å²) in [6.45, 7) is 4.76. The Balaban J connectivity index is 0.995. The lowest BCUT2D eigenvalue weighted by Crippen LogP contribution is -2.40. The summed E-state index contributed by atoms with van der Waals surface area (Å²) in [5.41, 5.74) is 17.8. The van der Waals surface area contributed by atoms with Gasteiger partial charge in [-0.3, -0.25) is 0 Å². The highest BCUT2D eigenvalue weighted by molar-refractivity contribution is 6.06. The first-order chi connectivity index (χ1) is 30.5. The van der Waals surface area contributed by atoms with Crippen molar-refractivity contribution in [1.29, 1.82) is 0 Å². The van der Waals surface area contributed by atoms with E-state index < -0.39 is 5.41 Å². The van der Waals surface area contributed by atoms with E-state index in [-0.39, 0.29) is 5.41 Å². The van der Waals surface area contributed by atoms with Crippen LogP contribution >= 0.6 is 0 Å². The molecular formula is C59H41N3. The zero-order valence-electron chi connectivity index (χ0n) is 34.5. The van der Waals surface area contributed by atoms with Gasteiger partial charge < -0.3 is 0 Å². The van der Waals surface area contributed by atoms with E-state index in [4.69, 9.17) is 15.0 Å². The molecule has 0 N–H and O–H groups in total. The zero-order chi connectivity index (χ0) is 41.4. The Labute approximate surface area is 362 Å². The number of hydrogen-bond donors (Lipinski definition) is 0. The Kier molecular flexibility index (Phi) is 8.10. The fourth-order valence-electron chi connectivity index (χ4n) is 10.6. The average Bonchev–Trinajstić information content (AvgIpc) is 3.63. The highest BCUT2D eigenvalue weighted by Crippen LogP contribution is 2.62. The number of hydrogen-bond acceptors (Lipinski definition) is 3. The van der Waals surface area contributed by atoms with Crippen LogP contribution in [0.4, 0.5) is 0 Å². The summed E-state index contributed by atoms with van der Waals surface area (Å²) in [6, 6.07) is 76.9. The number of nitrogens with zero attached hydrogens (tertiary/aromatic N) is 3. The SMILES string of the molecule is CC1(C)c2ccccc2C2(c3ccccc3-c3cc(-c4ccc(-c5cccc(-c6nc(-c7ccccc7)nc(-c7ccccc7)n6)c5)c5ccccc45)ccc32)c2ccccc21. The Bertz CT molecular complexity index is 3280. The molecule has 9 aromatic carbocycles. The molecule has 3 nitrogen and oxygen atoms in total. The molecule has 0 saturated heterocycles. The summed E-state index contributed by atoms with van der Waals surface area (Å²) >= 11 is 0. The molecular weight excluding hydrogens is 751 g/mol. The maximum Gasteiger partial charge on any atom is 0.164 e. The van der Waals surface area contributed by atoms with Gasteiger partial charge in [-0.25, -0.2) is 15.0 Å². The van der Waals surface area contributed by atoms with Gasteiger partial charge in [0.15, 0.2) is 17.5 Å². The first-order valence-corrected chi connectivity index (χ1v) is 21.4. The minimum Gasteiger partial charge on any atom is -0.208 e. The molecule has 2 aliphatic rings. The van der Waals surface area contributed by atoms with Crippen molar-refractivity contribution in [3.8, 4) is 67.5 Å². The van der Waals surface area contributed by atoms with Gasteiger partial charge in [0, 0.05) is 22.1 Å². The highest BCUT2D eigenvalue weighted by Gasteiger charge is 2.53. The molecule has 12 rings (SSSR count). The van der Waals surface area contributed by atoms with Crippen molar-refractivity contribution < 1.29 is 0 Å². The molecule has 2 aliphatic carbocycles. The minimum absolute atomic E-state index is 0.127. The van der Waals surface area contributed by atoms with Gasteiger partial charge in [0.25, 0.3) is 0 Å². The van der Waals surface area contributed by atoms with Gasteiger partial charge in [-0.2, -0.15) is 0 Å². The van der Waals surface area contributed by atoms with E-state index in [0.29, 0.717) is 17.5 Å². The molecule has 1 heterocycles. The Hall–Kier alpha value is -7.75. The van der Waals surface area contributed by atoms with Crippen LogP contribution in [0.5, 0.6) is 0 Å². The Morgan fingerprint density at radius 2 is 0.694 bits per heavy atom. The second-order valence-electron chi connectivity index (χ2n) is 17.1. The molecule has 1 spiro atoms. The van der Waals surface area contributed by atoms with Gasteiger partial charge in [-0.1, -0.05) is 214 Å². The molecule has 0 aliphatic heterocycles. The molecule has 62 heavy (non-hydrogen) atoms. The quantitative estimate of drug-likeness (QED) is 0.174. The minimum atomic E-state index is -0.410. The highest BCUT2D eigenvalue weighted by atomic mass is 15.0. The van der Waals surface area contributed by atoms with Crippen molar-refractivity contribution in [3.05, 3.63) is 246 Å². The summed E-state index contributed by atoms with van der Waals surface area (Å²) in [5.74, 6) is 1.94. The van der Waals surface area contributed by atoms with E-state index in [9.17, 15) is 0 Å². The summed E-state index contributed by atoms with van der Waals surface area (Å²) in [7, 11) is 0. The predicted octanol–water partition coefficient (Wildman–Crippen LogP) is 14.4. The molecule has 10 aromatic rings. The van der Waals surface area contributed by atoms with Crippen molar-refractivity contribution in [3.63, 3.8) is 0 Å². The lowest BCUT2D eigenvalue weighted by atomic mass is 9.55. The second-order valence-corrected chi connectivity index (χ2v) is 17.1. The van der Waals surface area contributed by atoms with Crippen LogP contribution in [-0.4, -0.2) is 15.0 Å². The van der Waals surface area contributed by atoms with Gasteiger partial charge in [0.1, 0.15) is 0 Å². The third-order valence-electron chi connectivity index (χ3n) is 13.4. The maximum atomic E-state index is 5.04. The lowest BCUT2D eigenvalue weighted by molar-refractivity contribution is 0.563. The van der Waals surface area contributed by atoms with E-state index >= 15 is 0 Å². The van der Waals surface area contributed by atoms with Crippen LogP contribution in [0.3, 0.4) is 0 Å². The van der Waals surface area contributed by atoms with Crippen molar-refractivity contribution in [2.24, 2.45) is 0 Å². The number of aromatic nitrogens is 3. The fraction of sp³-hybridized carbons (Fsp3) is 0.0678. The zero-order valence-corrected chi connectivity index (χ0v) is 34.5. The van der Waals surface area contributed by atoms with Gasteiger partial charge in [0.2, 0.25) is 0 Å². The topological polar surface area (TPSA) is 38.7 Å². The number of fused-ring (bicyclic) bond motifs is 10. The van der Waals surface area contributed by atoms with Gasteiger partial charge in [-0.05, 0) is 89.7 Å².